The minimum atomic E-state index is 0.723. The molecule has 0 unspecified atom stereocenters. The number of nitrogens with one attached hydrogen (secondary N) is 1. The molecule has 0 saturated carbocycles. The van der Waals surface area contributed by atoms with Crippen molar-refractivity contribution in [1.82, 2.24) is 14.7 Å². The van der Waals surface area contributed by atoms with E-state index in [-0.39, 0.29) is 0 Å². The summed E-state index contributed by atoms with van der Waals surface area (Å²) in [5.74, 6) is 1.83. The first-order valence-corrected chi connectivity index (χ1v) is 6.59. The summed E-state index contributed by atoms with van der Waals surface area (Å²) in [7, 11) is 3.61. The highest BCUT2D eigenvalue weighted by Gasteiger charge is 2.14. The Morgan fingerprint density at radius 3 is 2.75 bits per heavy atom. The van der Waals surface area contributed by atoms with Gasteiger partial charge in [0.05, 0.1) is 19.2 Å². The second-order valence-corrected chi connectivity index (χ2v) is 4.56. The molecule has 0 saturated heterocycles. The van der Waals surface area contributed by atoms with Crippen LogP contribution in [0, 0.1) is 0 Å². The van der Waals surface area contributed by atoms with E-state index in [0.717, 1.165) is 34.9 Å². The van der Waals surface area contributed by atoms with Crippen LogP contribution in [0.5, 0.6) is 5.75 Å². The van der Waals surface area contributed by atoms with E-state index >= 15 is 0 Å². The standard InChI is InChI=1S/C16H17N3O/c1-17-11-15-18-16(13-8-5-6-10-19(13)15)12-7-3-4-9-14(12)20-2/h3-10,17H,11H2,1-2H3. The van der Waals surface area contributed by atoms with Crippen molar-refractivity contribution in [2.45, 2.75) is 6.54 Å². The van der Waals surface area contributed by atoms with Gasteiger partial charge in [-0.2, -0.15) is 0 Å². The van der Waals surface area contributed by atoms with Crippen molar-refractivity contribution >= 4 is 5.52 Å². The summed E-state index contributed by atoms with van der Waals surface area (Å²) in [6.45, 7) is 0.723. The van der Waals surface area contributed by atoms with Crippen molar-refractivity contribution < 1.29 is 4.74 Å². The second-order valence-electron chi connectivity index (χ2n) is 4.56. The molecule has 3 rings (SSSR count). The van der Waals surface area contributed by atoms with Gasteiger partial charge in [0.25, 0.3) is 0 Å². The van der Waals surface area contributed by atoms with E-state index < -0.39 is 0 Å². The lowest BCUT2D eigenvalue weighted by molar-refractivity contribution is 0.416. The van der Waals surface area contributed by atoms with Crippen LogP contribution in [-0.2, 0) is 6.54 Å². The van der Waals surface area contributed by atoms with Gasteiger partial charge < -0.3 is 14.5 Å². The molecule has 4 heteroatoms. The number of hydrogen-bond donors (Lipinski definition) is 1. The van der Waals surface area contributed by atoms with Gasteiger partial charge in [0.1, 0.15) is 17.3 Å². The molecule has 0 aliphatic carbocycles. The molecule has 0 amide bonds. The summed E-state index contributed by atoms with van der Waals surface area (Å²) in [4.78, 5) is 4.78. The molecule has 3 aromatic rings. The summed E-state index contributed by atoms with van der Waals surface area (Å²) >= 11 is 0. The van der Waals surface area contributed by atoms with Crippen LogP contribution in [-0.4, -0.2) is 23.5 Å². The minimum absolute atomic E-state index is 0.723. The van der Waals surface area contributed by atoms with Gasteiger partial charge in [-0.3, -0.25) is 0 Å². The monoisotopic (exact) mass is 267 g/mol. The number of rotatable bonds is 4. The lowest BCUT2D eigenvalue weighted by atomic mass is 10.1. The van der Waals surface area contributed by atoms with Crippen LogP contribution in [0.15, 0.2) is 48.7 Å². The van der Waals surface area contributed by atoms with Gasteiger partial charge in [0.15, 0.2) is 0 Å². The van der Waals surface area contributed by atoms with Gasteiger partial charge in [-0.05, 0) is 31.3 Å². The summed E-state index contributed by atoms with van der Waals surface area (Å²) in [6, 6.07) is 14.1. The highest BCUT2D eigenvalue weighted by Crippen LogP contribution is 2.32. The molecular weight excluding hydrogens is 250 g/mol. The number of methoxy groups -OCH3 is 1. The van der Waals surface area contributed by atoms with E-state index in [1.54, 1.807) is 7.11 Å². The molecule has 0 bridgehead atoms. The first-order chi connectivity index (χ1) is 9.85. The van der Waals surface area contributed by atoms with Crippen LogP contribution in [0.25, 0.3) is 16.8 Å². The van der Waals surface area contributed by atoms with E-state index in [2.05, 4.69) is 15.8 Å². The molecule has 0 aliphatic heterocycles. The molecule has 1 N–H and O–H groups in total. The van der Waals surface area contributed by atoms with Gasteiger partial charge in [0, 0.05) is 11.8 Å². The van der Waals surface area contributed by atoms with Gasteiger partial charge in [-0.15, -0.1) is 0 Å². The van der Waals surface area contributed by atoms with E-state index in [9.17, 15) is 0 Å². The number of imidazole rings is 1. The molecular formula is C16H17N3O. The van der Waals surface area contributed by atoms with Crippen LogP contribution in [0.3, 0.4) is 0 Å². The Morgan fingerprint density at radius 1 is 1.15 bits per heavy atom. The van der Waals surface area contributed by atoms with Crippen LogP contribution >= 0.6 is 0 Å². The maximum Gasteiger partial charge on any atom is 0.128 e. The zero-order valence-electron chi connectivity index (χ0n) is 11.6. The Balaban J connectivity index is 2.26. The third-order valence-corrected chi connectivity index (χ3v) is 3.32. The first-order valence-electron chi connectivity index (χ1n) is 6.59. The maximum absolute atomic E-state index is 5.45. The Bertz CT molecular complexity index is 733. The molecule has 0 atom stereocenters. The van der Waals surface area contributed by atoms with E-state index in [0.29, 0.717) is 0 Å². The Morgan fingerprint density at radius 2 is 1.95 bits per heavy atom. The molecule has 102 valence electrons. The molecule has 1 aromatic carbocycles. The molecule has 2 aromatic heterocycles. The fraction of sp³-hybridized carbons (Fsp3) is 0.188. The second kappa shape index (κ2) is 5.35. The number of fused-ring (bicyclic) bond motifs is 1. The zero-order chi connectivity index (χ0) is 13.9. The van der Waals surface area contributed by atoms with Gasteiger partial charge >= 0.3 is 0 Å². The maximum atomic E-state index is 5.45. The quantitative estimate of drug-likeness (QED) is 0.790. The molecule has 0 spiro atoms. The van der Waals surface area contributed by atoms with E-state index in [4.69, 9.17) is 9.72 Å². The topological polar surface area (TPSA) is 38.6 Å². The largest absolute Gasteiger partial charge is 0.496 e. The lowest BCUT2D eigenvalue weighted by Crippen LogP contribution is -2.08. The Hall–Kier alpha value is -2.33. The van der Waals surface area contributed by atoms with E-state index in [1.165, 1.54) is 0 Å². The summed E-state index contributed by atoms with van der Waals surface area (Å²) in [5, 5.41) is 3.15. The van der Waals surface area contributed by atoms with Crippen LogP contribution in [0.2, 0.25) is 0 Å². The van der Waals surface area contributed by atoms with Crippen LogP contribution in [0.1, 0.15) is 5.82 Å². The van der Waals surface area contributed by atoms with Gasteiger partial charge in [-0.25, -0.2) is 4.98 Å². The highest BCUT2D eigenvalue weighted by molar-refractivity contribution is 5.81. The van der Waals surface area contributed by atoms with Crippen molar-refractivity contribution in [3.05, 3.63) is 54.5 Å². The predicted octanol–water partition coefficient (Wildman–Crippen LogP) is 2.73. The highest BCUT2D eigenvalue weighted by atomic mass is 16.5. The molecule has 0 aliphatic rings. The summed E-state index contributed by atoms with van der Waals surface area (Å²) < 4.78 is 7.56. The fourth-order valence-corrected chi connectivity index (χ4v) is 2.42. The zero-order valence-corrected chi connectivity index (χ0v) is 11.6. The summed E-state index contributed by atoms with van der Waals surface area (Å²) in [5.41, 5.74) is 3.05. The minimum Gasteiger partial charge on any atom is -0.496 e. The average Bonchev–Trinajstić information content (AvgIpc) is 2.87. The van der Waals surface area contributed by atoms with Crippen LogP contribution < -0.4 is 10.1 Å². The number of benzene rings is 1. The van der Waals surface area contributed by atoms with Crippen molar-refractivity contribution in [3.63, 3.8) is 0 Å². The summed E-state index contributed by atoms with van der Waals surface area (Å²) in [6.07, 6.45) is 2.04. The number of hydrogen-bond acceptors (Lipinski definition) is 3. The smallest absolute Gasteiger partial charge is 0.128 e. The number of ether oxygens (including phenoxy) is 1. The number of aromatic nitrogens is 2. The predicted molar refractivity (Wildman–Crippen MR) is 79.9 cm³/mol. The molecule has 4 nitrogen and oxygen atoms in total. The molecule has 2 heterocycles. The number of pyridine rings is 1. The average molecular weight is 267 g/mol. The fourth-order valence-electron chi connectivity index (χ4n) is 2.42. The lowest BCUT2D eigenvalue weighted by Gasteiger charge is -2.05. The van der Waals surface area contributed by atoms with Gasteiger partial charge in [-0.1, -0.05) is 18.2 Å². The molecule has 0 fully saturated rings. The normalized spacial score (nSPS) is 10.9. The Kier molecular flexibility index (Phi) is 3.39. The third-order valence-electron chi connectivity index (χ3n) is 3.32. The van der Waals surface area contributed by atoms with Crippen molar-refractivity contribution in [2.75, 3.05) is 14.2 Å². The molecule has 0 radical (unpaired) electrons. The number of nitrogens with zero attached hydrogens (tertiary/aromatic N) is 2. The van der Waals surface area contributed by atoms with Crippen LogP contribution in [0.4, 0.5) is 0 Å². The number of para-hydroxylation sites is 1. The third kappa shape index (κ3) is 2.04. The van der Waals surface area contributed by atoms with Crippen molar-refractivity contribution in [2.24, 2.45) is 0 Å². The SMILES string of the molecule is CNCc1nc(-c2ccccc2OC)c2ccccn12. The van der Waals surface area contributed by atoms with Crippen molar-refractivity contribution in [3.8, 4) is 17.0 Å². The first kappa shape index (κ1) is 12.7. The Labute approximate surface area is 118 Å². The van der Waals surface area contributed by atoms with Crippen molar-refractivity contribution in [1.29, 1.82) is 0 Å². The molecule has 20 heavy (non-hydrogen) atoms. The van der Waals surface area contributed by atoms with E-state index in [1.807, 2.05) is 49.6 Å². The van der Waals surface area contributed by atoms with Gasteiger partial charge in [0.2, 0.25) is 0 Å².